The van der Waals surface area contributed by atoms with Gasteiger partial charge in [0.1, 0.15) is 6.04 Å². The largest absolute Gasteiger partial charge is 0.465 e. The van der Waals surface area contributed by atoms with Gasteiger partial charge in [-0.25, -0.2) is 13.4 Å². The Hall–Kier alpha value is -1.71. The first kappa shape index (κ1) is 22.3. The number of oxime groups is 1. The maximum atomic E-state index is 12.1. The van der Waals surface area contributed by atoms with E-state index in [1.54, 1.807) is 37.0 Å². The van der Waals surface area contributed by atoms with E-state index >= 15 is 0 Å². The fourth-order valence-electron chi connectivity index (χ4n) is 1.82. The second-order valence-electron chi connectivity index (χ2n) is 5.17. The average molecular weight is 400 g/mol. The molecule has 0 aliphatic heterocycles. The minimum Gasteiger partial charge on any atom is -0.465 e. The third-order valence-electron chi connectivity index (χ3n) is 3.17. The summed E-state index contributed by atoms with van der Waals surface area (Å²) in [6.45, 7) is 4.26. The van der Waals surface area contributed by atoms with Crippen LogP contribution >= 0.6 is 23.9 Å². The molecule has 0 N–H and O–H groups in total. The Morgan fingerprint density at radius 3 is 2.62 bits per heavy atom. The zero-order valence-corrected chi connectivity index (χ0v) is 17.1. The van der Waals surface area contributed by atoms with Crippen LogP contribution < -0.4 is 0 Å². The molecule has 0 saturated carbocycles. The summed E-state index contributed by atoms with van der Waals surface area (Å²) in [4.78, 5) is 29.0. The number of nitrogens with zero attached hydrogens (tertiary/aromatic N) is 3. The van der Waals surface area contributed by atoms with E-state index in [1.165, 1.54) is 10.5 Å². The number of hydrogen-bond donors (Lipinski definition) is 0. The Kier molecular flexibility index (Phi) is 10.8. The molecule has 1 aromatic carbocycles. The van der Waals surface area contributed by atoms with Crippen molar-refractivity contribution in [3.05, 3.63) is 35.9 Å². The molecule has 0 unspecified atom stereocenters. The van der Waals surface area contributed by atoms with Crippen LogP contribution in [0.5, 0.6) is 0 Å². The Morgan fingerprint density at radius 1 is 1.31 bits per heavy atom. The van der Waals surface area contributed by atoms with Crippen molar-refractivity contribution in [1.29, 1.82) is 0 Å². The average Bonchev–Trinajstić information content (AvgIpc) is 2.64. The molecule has 0 spiro atoms. The van der Waals surface area contributed by atoms with Crippen molar-refractivity contribution in [1.82, 2.24) is 8.61 Å². The number of carbonyl (C=O) groups excluding carboxylic acids is 2. The minimum atomic E-state index is -0.624. The monoisotopic (exact) mass is 399 g/mol. The molecule has 1 rings (SSSR count). The van der Waals surface area contributed by atoms with Crippen LogP contribution in [-0.4, -0.2) is 58.6 Å². The normalized spacial score (nSPS) is 12.2. The molecule has 1 atom stereocenters. The highest BCUT2D eigenvalue weighted by Crippen LogP contribution is 2.23. The van der Waals surface area contributed by atoms with E-state index < -0.39 is 12.1 Å². The first-order chi connectivity index (χ1) is 12.5. The van der Waals surface area contributed by atoms with E-state index in [1.807, 2.05) is 36.6 Å². The zero-order chi connectivity index (χ0) is 19.4. The van der Waals surface area contributed by atoms with Crippen molar-refractivity contribution < 1.29 is 19.2 Å². The third-order valence-corrected chi connectivity index (χ3v) is 4.70. The first-order valence-electron chi connectivity index (χ1n) is 8.10. The van der Waals surface area contributed by atoms with Crippen molar-refractivity contribution in [2.24, 2.45) is 5.16 Å². The lowest BCUT2D eigenvalue weighted by Gasteiger charge is -2.28. The molecule has 0 aliphatic carbocycles. The number of ether oxygens (including phenoxy) is 1. The summed E-state index contributed by atoms with van der Waals surface area (Å²) in [7, 11) is 1.56. The van der Waals surface area contributed by atoms with Gasteiger partial charge in [0.15, 0.2) is 0 Å². The van der Waals surface area contributed by atoms with Crippen LogP contribution in [0, 0.1) is 0 Å². The number of thioether (sulfide) groups is 1. The van der Waals surface area contributed by atoms with Crippen molar-refractivity contribution in [3.63, 3.8) is 0 Å². The molecule has 0 aromatic heterocycles. The molecule has 0 fully saturated rings. The van der Waals surface area contributed by atoms with Crippen LogP contribution in [0.3, 0.4) is 0 Å². The summed E-state index contributed by atoms with van der Waals surface area (Å²) in [6, 6.07) is 9.13. The number of benzene rings is 1. The predicted octanol–water partition coefficient (Wildman–Crippen LogP) is 3.42. The Labute approximate surface area is 163 Å². The smallest absolute Gasteiger partial charge is 0.446 e. The van der Waals surface area contributed by atoms with Gasteiger partial charge in [0.2, 0.25) is 0 Å². The van der Waals surface area contributed by atoms with E-state index in [0.717, 1.165) is 17.7 Å². The van der Waals surface area contributed by atoms with E-state index in [0.29, 0.717) is 18.9 Å². The van der Waals surface area contributed by atoms with Gasteiger partial charge < -0.3 is 4.74 Å². The summed E-state index contributed by atoms with van der Waals surface area (Å²) in [5.41, 5.74) is 1.01. The van der Waals surface area contributed by atoms with Crippen molar-refractivity contribution in [2.75, 3.05) is 25.7 Å². The Morgan fingerprint density at radius 2 is 2.00 bits per heavy atom. The maximum Gasteiger partial charge on any atom is 0.446 e. The molecule has 7 nitrogen and oxygen atoms in total. The second-order valence-corrected chi connectivity index (χ2v) is 7.26. The van der Waals surface area contributed by atoms with Crippen molar-refractivity contribution >= 4 is 42.2 Å². The van der Waals surface area contributed by atoms with Gasteiger partial charge in [0, 0.05) is 31.5 Å². The fraction of sp³-hybridized carbons (Fsp3) is 0.471. The van der Waals surface area contributed by atoms with Gasteiger partial charge in [-0.1, -0.05) is 35.5 Å². The van der Waals surface area contributed by atoms with Crippen molar-refractivity contribution in [2.45, 2.75) is 26.4 Å². The Balaban J connectivity index is 2.77. The number of rotatable bonds is 10. The highest BCUT2D eigenvalue weighted by atomic mass is 32.2. The highest BCUT2D eigenvalue weighted by Gasteiger charge is 2.27. The van der Waals surface area contributed by atoms with E-state index in [4.69, 9.17) is 9.57 Å². The number of carbonyl (C=O) groups is 2. The van der Waals surface area contributed by atoms with Crippen LogP contribution in [0.15, 0.2) is 35.5 Å². The summed E-state index contributed by atoms with van der Waals surface area (Å²) >= 11 is 2.65. The topological polar surface area (TPSA) is 71.4 Å². The summed E-state index contributed by atoms with van der Waals surface area (Å²) in [5.74, 6) is 0.306. The van der Waals surface area contributed by atoms with Crippen LogP contribution in [-0.2, 0) is 20.9 Å². The lowest BCUT2D eigenvalue weighted by molar-refractivity contribution is -0.147. The molecule has 26 heavy (non-hydrogen) atoms. The molecule has 0 heterocycles. The molecule has 1 amide bonds. The molecule has 0 bridgehead atoms. The highest BCUT2D eigenvalue weighted by molar-refractivity contribution is 7.99. The number of esters is 1. The summed E-state index contributed by atoms with van der Waals surface area (Å²) in [5, 5.41) is 3.62. The minimum absolute atomic E-state index is 0.301. The van der Waals surface area contributed by atoms with Gasteiger partial charge in [-0.3, -0.25) is 9.63 Å². The third kappa shape index (κ3) is 8.11. The maximum absolute atomic E-state index is 12.1. The standard InChI is InChI=1S/C17H25N3O4S2/c1-5-23-16(21)14(2)20(13-15-9-7-6-8-10-15)26-19(3)17(22)24-18-11-12-25-4/h6-11,14H,5,12-13H2,1-4H3/b18-11-/t14-/m1/s1. The molecule has 144 valence electrons. The van der Waals surface area contributed by atoms with Crippen LogP contribution in [0.2, 0.25) is 0 Å². The van der Waals surface area contributed by atoms with E-state index in [9.17, 15) is 9.59 Å². The zero-order valence-electron chi connectivity index (χ0n) is 15.5. The molecular formula is C17H25N3O4S2. The van der Waals surface area contributed by atoms with Gasteiger partial charge in [-0.05, 0) is 25.7 Å². The van der Waals surface area contributed by atoms with Gasteiger partial charge in [-0.15, -0.1) is 0 Å². The van der Waals surface area contributed by atoms with Gasteiger partial charge >= 0.3 is 12.1 Å². The molecule has 1 aromatic rings. The van der Waals surface area contributed by atoms with Gasteiger partial charge in [-0.2, -0.15) is 11.8 Å². The lowest BCUT2D eigenvalue weighted by atomic mass is 10.2. The number of amides is 1. The Bertz CT molecular complexity index is 587. The molecular weight excluding hydrogens is 374 g/mol. The summed E-state index contributed by atoms with van der Waals surface area (Å²) < 4.78 is 8.15. The quantitative estimate of drug-likeness (QED) is 0.196. The number of hydrogen-bond acceptors (Lipinski definition) is 8. The second kappa shape index (κ2) is 12.6. The molecule has 9 heteroatoms. The van der Waals surface area contributed by atoms with Gasteiger partial charge in [0.05, 0.1) is 12.8 Å². The fourth-order valence-corrected chi connectivity index (χ4v) is 2.87. The van der Waals surface area contributed by atoms with E-state index in [-0.39, 0.29) is 5.97 Å². The predicted molar refractivity (Wildman–Crippen MR) is 107 cm³/mol. The van der Waals surface area contributed by atoms with Crippen LogP contribution in [0.1, 0.15) is 19.4 Å². The first-order valence-corrected chi connectivity index (χ1v) is 10.2. The van der Waals surface area contributed by atoms with E-state index in [2.05, 4.69) is 5.16 Å². The molecule has 0 radical (unpaired) electrons. The molecule has 0 aliphatic rings. The van der Waals surface area contributed by atoms with Gasteiger partial charge in [0.25, 0.3) is 0 Å². The van der Waals surface area contributed by atoms with Crippen LogP contribution in [0.4, 0.5) is 4.79 Å². The molecule has 0 saturated heterocycles. The van der Waals surface area contributed by atoms with Crippen molar-refractivity contribution in [3.8, 4) is 0 Å². The summed E-state index contributed by atoms with van der Waals surface area (Å²) in [6.07, 6.45) is 2.82. The van der Waals surface area contributed by atoms with Crippen LogP contribution in [0.25, 0.3) is 0 Å². The SMILES string of the molecule is CCOC(=O)[C@@H](C)N(Cc1ccccc1)SN(C)C(=O)O/N=C\CSC. The lowest BCUT2D eigenvalue weighted by Crippen LogP contribution is -2.38.